The van der Waals surface area contributed by atoms with Crippen LogP contribution in [0.4, 0.5) is 0 Å². The van der Waals surface area contributed by atoms with Crippen molar-refractivity contribution in [3.05, 3.63) is 17.9 Å². The minimum Gasteiger partial charge on any atom is -0.150 e. The highest BCUT2D eigenvalue weighted by Gasteiger charge is 2.12. The molecule has 0 N–H and O–H groups in total. The van der Waals surface area contributed by atoms with E-state index in [9.17, 15) is 0 Å². The van der Waals surface area contributed by atoms with Gasteiger partial charge in [0, 0.05) is 11.0 Å². The van der Waals surface area contributed by atoms with Gasteiger partial charge in [-0.2, -0.15) is 0 Å². The van der Waals surface area contributed by atoms with Gasteiger partial charge in [-0.15, -0.1) is 18.3 Å². The Morgan fingerprint density at radius 2 is 2.00 bits per heavy atom. The minimum atomic E-state index is 1.11. The molecular weight excluding hydrogens is 140 g/mol. The van der Waals surface area contributed by atoms with Gasteiger partial charge >= 0.3 is 0 Å². The van der Waals surface area contributed by atoms with Gasteiger partial charge in [-0.05, 0) is 12.8 Å². The smallest absolute Gasteiger partial charge is 0.0309 e. The lowest BCUT2D eigenvalue weighted by Gasteiger charge is -2.19. The van der Waals surface area contributed by atoms with Crippen LogP contribution in [0.25, 0.3) is 0 Å². The van der Waals surface area contributed by atoms with Crippen LogP contribution in [-0.4, -0.2) is 5.75 Å². The molecule has 1 saturated carbocycles. The number of thioether (sulfide) groups is 1. The zero-order chi connectivity index (χ0) is 7.23. The molecule has 0 saturated heterocycles. The summed E-state index contributed by atoms with van der Waals surface area (Å²) >= 11 is 2.00. The molecule has 0 unspecified atom stereocenters. The van der Waals surface area contributed by atoms with Crippen molar-refractivity contribution >= 4 is 11.8 Å². The van der Waals surface area contributed by atoms with Crippen LogP contribution in [0.3, 0.4) is 0 Å². The Hall–Kier alpha value is 0.0900. The Morgan fingerprint density at radius 1 is 1.30 bits per heavy atom. The van der Waals surface area contributed by atoms with Gasteiger partial charge in [0.2, 0.25) is 0 Å². The molecule has 1 heteroatoms. The zero-order valence-electron chi connectivity index (χ0n) is 6.44. The molecule has 0 spiro atoms. The number of rotatable bonds is 3. The first kappa shape index (κ1) is 8.19. The lowest BCUT2D eigenvalue weighted by Crippen LogP contribution is -1.99. The first-order chi connectivity index (χ1) is 4.93. The maximum atomic E-state index is 3.71. The summed E-state index contributed by atoms with van der Waals surface area (Å²) in [4.78, 5) is 0. The van der Waals surface area contributed by atoms with E-state index < -0.39 is 0 Å². The quantitative estimate of drug-likeness (QED) is 0.563. The molecule has 0 aromatic carbocycles. The van der Waals surface area contributed by atoms with Crippen LogP contribution in [0.2, 0.25) is 0 Å². The standard InChI is InChI=1S/C9H15S/c1-2-8-10-9-6-4-3-5-7-9/h2H,1,3-8H2. The molecule has 0 aromatic rings. The average molecular weight is 155 g/mol. The topological polar surface area (TPSA) is 0 Å². The maximum absolute atomic E-state index is 3.71. The van der Waals surface area contributed by atoms with Crippen LogP contribution in [0.15, 0.2) is 12.7 Å². The van der Waals surface area contributed by atoms with Crippen molar-refractivity contribution in [3.8, 4) is 0 Å². The van der Waals surface area contributed by atoms with Crippen molar-refractivity contribution in [1.82, 2.24) is 0 Å². The van der Waals surface area contributed by atoms with Crippen molar-refractivity contribution in [2.45, 2.75) is 32.1 Å². The molecule has 1 aliphatic carbocycles. The fourth-order valence-corrected chi connectivity index (χ4v) is 2.20. The molecule has 1 radical (unpaired) electrons. The Kier molecular flexibility index (Phi) is 3.96. The van der Waals surface area contributed by atoms with Crippen LogP contribution in [0, 0.1) is 5.25 Å². The van der Waals surface area contributed by atoms with Gasteiger partial charge in [-0.3, -0.25) is 0 Å². The van der Waals surface area contributed by atoms with Crippen LogP contribution in [0.1, 0.15) is 32.1 Å². The maximum Gasteiger partial charge on any atom is 0.0309 e. The second kappa shape index (κ2) is 4.84. The molecule has 0 bridgehead atoms. The van der Waals surface area contributed by atoms with Crippen molar-refractivity contribution in [3.63, 3.8) is 0 Å². The normalized spacial score (nSPS) is 20.8. The van der Waals surface area contributed by atoms with Crippen LogP contribution in [-0.2, 0) is 0 Å². The number of hydrogen-bond donors (Lipinski definition) is 0. The molecule has 0 atom stereocenters. The second-order valence-corrected chi connectivity index (χ2v) is 3.90. The van der Waals surface area contributed by atoms with Gasteiger partial charge in [0.15, 0.2) is 0 Å². The largest absolute Gasteiger partial charge is 0.150 e. The molecular formula is C9H15S. The molecule has 1 fully saturated rings. The molecule has 57 valence electrons. The summed E-state index contributed by atoms with van der Waals surface area (Å²) in [5, 5.41) is 1.70. The molecule has 0 nitrogen and oxygen atoms in total. The zero-order valence-corrected chi connectivity index (χ0v) is 7.25. The molecule has 1 rings (SSSR count). The SMILES string of the molecule is C=CCS[C]1CCCCC1. The summed E-state index contributed by atoms with van der Waals surface area (Å²) in [5.41, 5.74) is 0. The molecule has 0 heterocycles. The van der Waals surface area contributed by atoms with E-state index in [0.717, 1.165) is 5.75 Å². The fourth-order valence-electron chi connectivity index (χ4n) is 1.27. The Bertz CT molecular complexity index is 92.9. The van der Waals surface area contributed by atoms with E-state index >= 15 is 0 Å². The lowest BCUT2D eigenvalue weighted by atomic mass is 10.0. The van der Waals surface area contributed by atoms with Crippen LogP contribution >= 0.6 is 11.8 Å². The van der Waals surface area contributed by atoms with Crippen molar-refractivity contribution < 1.29 is 0 Å². The van der Waals surface area contributed by atoms with Gasteiger partial charge in [0.05, 0.1) is 0 Å². The Morgan fingerprint density at radius 3 is 2.60 bits per heavy atom. The van der Waals surface area contributed by atoms with Crippen molar-refractivity contribution in [1.29, 1.82) is 0 Å². The van der Waals surface area contributed by atoms with Gasteiger partial charge in [0.1, 0.15) is 0 Å². The highest BCUT2D eigenvalue weighted by atomic mass is 32.2. The summed E-state index contributed by atoms with van der Waals surface area (Å²) in [6, 6.07) is 0. The highest BCUT2D eigenvalue weighted by molar-refractivity contribution is 8.02. The van der Waals surface area contributed by atoms with E-state index in [1.54, 1.807) is 5.25 Å². The molecule has 1 aliphatic rings. The summed E-state index contributed by atoms with van der Waals surface area (Å²) in [7, 11) is 0. The van der Waals surface area contributed by atoms with E-state index in [2.05, 4.69) is 6.58 Å². The Balaban J connectivity index is 2.07. The first-order valence-corrected chi connectivity index (χ1v) is 5.00. The molecule has 0 amide bonds. The van der Waals surface area contributed by atoms with Gasteiger partial charge in [-0.1, -0.05) is 25.3 Å². The number of hydrogen-bond acceptors (Lipinski definition) is 1. The lowest BCUT2D eigenvalue weighted by molar-refractivity contribution is 0.579. The molecule has 0 aliphatic heterocycles. The summed E-state index contributed by atoms with van der Waals surface area (Å²) in [6.07, 6.45) is 8.99. The van der Waals surface area contributed by atoms with E-state index in [4.69, 9.17) is 0 Å². The first-order valence-electron chi connectivity index (χ1n) is 4.02. The predicted octanol–water partition coefficient (Wildman–Crippen LogP) is 3.40. The van der Waals surface area contributed by atoms with Gasteiger partial charge in [0.25, 0.3) is 0 Å². The van der Waals surface area contributed by atoms with Crippen LogP contribution < -0.4 is 0 Å². The summed E-state index contributed by atoms with van der Waals surface area (Å²) < 4.78 is 0. The third-order valence-electron chi connectivity index (χ3n) is 1.82. The van der Waals surface area contributed by atoms with E-state index in [1.807, 2.05) is 17.8 Å². The van der Waals surface area contributed by atoms with E-state index in [1.165, 1.54) is 32.1 Å². The van der Waals surface area contributed by atoms with Gasteiger partial charge < -0.3 is 0 Å². The second-order valence-electron chi connectivity index (χ2n) is 2.70. The monoisotopic (exact) mass is 155 g/mol. The third kappa shape index (κ3) is 2.78. The minimum absolute atomic E-state index is 1.11. The van der Waals surface area contributed by atoms with Gasteiger partial charge in [-0.25, -0.2) is 0 Å². The predicted molar refractivity (Wildman–Crippen MR) is 49.0 cm³/mol. The summed E-state index contributed by atoms with van der Waals surface area (Å²) in [6.45, 7) is 3.71. The fraction of sp³-hybridized carbons (Fsp3) is 0.667. The third-order valence-corrected chi connectivity index (χ3v) is 3.04. The van der Waals surface area contributed by atoms with E-state index in [-0.39, 0.29) is 0 Å². The van der Waals surface area contributed by atoms with Crippen molar-refractivity contribution in [2.24, 2.45) is 0 Å². The van der Waals surface area contributed by atoms with Crippen molar-refractivity contribution in [2.75, 3.05) is 5.75 Å². The summed E-state index contributed by atoms with van der Waals surface area (Å²) in [5.74, 6) is 1.11. The Labute approximate surface area is 68.1 Å². The molecule has 10 heavy (non-hydrogen) atoms. The molecule has 0 aromatic heterocycles. The van der Waals surface area contributed by atoms with Crippen LogP contribution in [0.5, 0.6) is 0 Å². The highest BCUT2D eigenvalue weighted by Crippen LogP contribution is 2.34. The van der Waals surface area contributed by atoms with E-state index in [0.29, 0.717) is 0 Å². The average Bonchev–Trinajstić information content (AvgIpc) is 2.03.